The normalized spacial score (nSPS) is 16.9. The molecule has 6 heteroatoms. The van der Waals surface area contributed by atoms with Crippen molar-refractivity contribution in [3.8, 4) is 17.2 Å². The van der Waals surface area contributed by atoms with Crippen molar-refractivity contribution in [3.63, 3.8) is 0 Å². The van der Waals surface area contributed by atoms with E-state index in [1.165, 1.54) is 0 Å². The number of amides is 1. The Morgan fingerprint density at radius 3 is 2.96 bits per heavy atom. The van der Waals surface area contributed by atoms with Crippen LogP contribution >= 0.6 is 0 Å². The van der Waals surface area contributed by atoms with Gasteiger partial charge in [-0.1, -0.05) is 0 Å². The summed E-state index contributed by atoms with van der Waals surface area (Å²) in [6, 6.07) is 9.06. The first-order chi connectivity index (χ1) is 11.1. The topological polar surface area (TPSA) is 91.1 Å². The monoisotopic (exact) mass is 309 g/mol. The van der Waals surface area contributed by atoms with Gasteiger partial charge in [0.25, 0.3) is 0 Å². The van der Waals surface area contributed by atoms with Gasteiger partial charge in [0, 0.05) is 24.4 Å². The number of aryl methyl sites for hydroxylation is 1. The molecule has 3 N–H and O–H groups in total. The van der Waals surface area contributed by atoms with Crippen molar-refractivity contribution in [2.45, 2.75) is 19.3 Å². The van der Waals surface area contributed by atoms with Crippen LogP contribution < -0.4 is 5.32 Å². The lowest BCUT2D eigenvalue weighted by atomic mass is 9.87. The number of hydrogen-bond donors (Lipinski definition) is 3. The summed E-state index contributed by atoms with van der Waals surface area (Å²) in [6.45, 7) is 1.83. The van der Waals surface area contributed by atoms with Gasteiger partial charge in [0.05, 0.1) is 5.92 Å². The number of nitrogens with zero attached hydrogens (tertiary/aromatic N) is 1. The van der Waals surface area contributed by atoms with E-state index in [0.717, 1.165) is 22.6 Å². The van der Waals surface area contributed by atoms with Crippen LogP contribution in [0.5, 0.6) is 5.75 Å². The van der Waals surface area contributed by atoms with Crippen molar-refractivity contribution < 1.29 is 14.3 Å². The molecule has 1 atom stereocenters. The van der Waals surface area contributed by atoms with E-state index in [4.69, 9.17) is 4.42 Å². The van der Waals surface area contributed by atoms with Crippen molar-refractivity contribution >= 4 is 11.6 Å². The number of aromatic nitrogens is 2. The van der Waals surface area contributed by atoms with E-state index >= 15 is 0 Å². The number of carbonyl (C=O) groups is 1. The molecule has 0 bridgehead atoms. The van der Waals surface area contributed by atoms with Gasteiger partial charge in [-0.3, -0.25) is 9.89 Å². The van der Waals surface area contributed by atoms with Crippen molar-refractivity contribution in [1.82, 2.24) is 10.2 Å². The van der Waals surface area contributed by atoms with Crippen LogP contribution in [0.4, 0.5) is 5.69 Å². The highest BCUT2D eigenvalue weighted by Crippen LogP contribution is 2.41. The molecule has 0 saturated heterocycles. The van der Waals surface area contributed by atoms with Crippen LogP contribution in [0, 0.1) is 6.92 Å². The lowest BCUT2D eigenvalue weighted by molar-refractivity contribution is -0.116. The van der Waals surface area contributed by atoms with Crippen LogP contribution in [0.2, 0.25) is 0 Å². The van der Waals surface area contributed by atoms with Crippen molar-refractivity contribution in [3.05, 3.63) is 53.4 Å². The van der Waals surface area contributed by atoms with Gasteiger partial charge in [0.15, 0.2) is 5.76 Å². The van der Waals surface area contributed by atoms with Crippen molar-refractivity contribution in [2.75, 3.05) is 5.32 Å². The van der Waals surface area contributed by atoms with Gasteiger partial charge in [0.2, 0.25) is 5.91 Å². The van der Waals surface area contributed by atoms with Crippen LogP contribution in [0.25, 0.3) is 11.5 Å². The zero-order chi connectivity index (χ0) is 16.0. The largest absolute Gasteiger partial charge is 0.508 e. The van der Waals surface area contributed by atoms with Crippen LogP contribution in [-0.4, -0.2) is 21.2 Å². The molecule has 1 aromatic carbocycles. The molecule has 116 valence electrons. The fraction of sp³-hybridized carbons (Fsp3) is 0.176. The number of benzene rings is 1. The van der Waals surface area contributed by atoms with Gasteiger partial charge in [-0.15, -0.1) is 0 Å². The number of carbonyl (C=O) groups excluding carboxylic acids is 1. The van der Waals surface area contributed by atoms with E-state index in [0.29, 0.717) is 17.9 Å². The minimum Gasteiger partial charge on any atom is -0.508 e. The summed E-state index contributed by atoms with van der Waals surface area (Å²) in [4.78, 5) is 12.0. The summed E-state index contributed by atoms with van der Waals surface area (Å²) in [5.41, 5.74) is 3.14. The fourth-order valence-electron chi connectivity index (χ4n) is 2.94. The number of furan rings is 1. The molecule has 3 aromatic rings. The van der Waals surface area contributed by atoms with Crippen molar-refractivity contribution in [2.24, 2.45) is 0 Å². The zero-order valence-corrected chi connectivity index (χ0v) is 12.5. The number of phenolic OH excluding ortho intramolecular Hbond substituents is 1. The number of aromatic hydroxyl groups is 1. The molecule has 3 heterocycles. The molecule has 2 aromatic heterocycles. The van der Waals surface area contributed by atoms with E-state index in [9.17, 15) is 9.90 Å². The number of hydrogen-bond acceptors (Lipinski definition) is 4. The highest BCUT2D eigenvalue weighted by molar-refractivity contribution is 5.95. The number of H-pyrrole nitrogens is 1. The second kappa shape index (κ2) is 5.01. The second-order valence-electron chi connectivity index (χ2n) is 5.70. The van der Waals surface area contributed by atoms with E-state index < -0.39 is 0 Å². The average Bonchev–Trinajstić information content (AvgIpc) is 3.18. The van der Waals surface area contributed by atoms with Crippen LogP contribution in [0.3, 0.4) is 0 Å². The summed E-state index contributed by atoms with van der Waals surface area (Å²) >= 11 is 0. The maximum Gasteiger partial charge on any atom is 0.225 e. The number of phenols is 1. The van der Waals surface area contributed by atoms with Gasteiger partial charge < -0.3 is 14.8 Å². The third-order valence-corrected chi connectivity index (χ3v) is 4.14. The highest BCUT2D eigenvalue weighted by atomic mass is 16.3. The Morgan fingerprint density at radius 2 is 2.17 bits per heavy atom. The zero-order valence-electron chi connectivity index (χ0n) is 12.5. The van der Waals surface area contributed by atoms with Crippen molar-refractivity contribution in [1.29, 1.82) is 0 Å². The molecule has 1 amide bonds. The third kappa shape index (κ3) is 2.28. The van der Waals surface area contributed by atoms with E-state index in [2.05, 4.69) is 15.5 Å². The predicted octanol–water partition coefficient (Wildman–Crippen LogP) is 3.16. The van der Waals surface area contributed by atoms with Gasteiger partial charge in [-0.25, -0.2) is 0 Å². The minimum atomic E-state index is -0.172. The SMILES string of the molecule is Cc1cc2c(cc1O)NC(=O)C[C@H]2c1ccc(-c2ccn[nH]2)o1. The minimum absolute atomic E-state index is 0.0924. The smallest absolute Gasteiger partial charge is 0.225 e. The molecule has 23 heavy (non-hydrogen) atoms. The molecule has 0 radical (unpaired) electrons. The number of rotatable bonds is 2. The van der Waals surface area contributed by atoms with Gasteiger partial charge in [0.1, 0.15) is 17.2 Å². The lowest BCUT2D eigenvalue weighted by Gasteiger charge is -2.25. The number of anilines is 1. The maximum absolute atomic E-state index is 12.0. The third-order valence-electron chi connectivity index (χ3n) is 4.14. The molecular formula is C17H15N3O3. The Balaban J connectivity index is 1.78. The molecular weight excluding hydrogens is 294 g/mol. The second-order valence-corrected chi connectivity index (χ2v) is 5.70. The average molecular weight is 309 g/mol. The lowest BCUT2D eigenvalue weighted by Crippen LogP contribution is -2.23. The Morgan fingerprint density at radius 1 is 1.30 bits per heavy atom. The Hall–Kier alpha value is -3.02. The van der Waals surface area contributed by atoms with E-state index in [-0.39, 0.29) is 17.6 Å². The van der Waals surface area contributed by atoms with Crippen LogP contribution in [-0.2, 0) is 4.79 Å². The van der Waals surface area contributed by atoms with Crippen LogP contribution in [0.15, 0.2) is 40.9 Å². The van der Waals surface area contributed by atoms with E-state index in [1.54, 1.807) is 12.3 Å². The van der Waals surface area contributed by atoms with Gasteiger partial charge >= 0.3 is 0 Å². The molecule has 0 unspecified atom stereocenters. The predicted molar refractivity (Wildman–Crippen MR) is 84.2 cm³/mol. The summed E-state index contributed by atoms with van der Waals surface area (Å²) in [5.74, 6) is 1.30. The molecule has 0 spiro atoms. The Labute approximate surface area is 132 Å². The molecule has 0 aliphatic carbocycles. The molecule has 0 fully saturated rings. The first-order valence-corrected chi connectivity index (χ1v) is 7.34. The van der Waals surface area contributed by atoms with Crippen LogP contribution in [0.1, 0.15) is 29.2 Å². The first kappa shape index (κ1) is 13.6. The Bertz CT molecular complexity index is 881. The van der Waals surface area contributed by atoms with E-state index in [1.807, 2.05) is 31.2 Å². The fourth-order valence-corrected chi connectivity index (χ4v) is 2.94. The maximum atomic E-state index is 12.0. The number of fused-ring (bicyclic) bond motifs is 1. The summed E-state index contributed by atoms with van der Waals surface area (Å²) < 4.78 is 5.93. The standard InChI is InChI=1S/C17H15N3O3/c1-9-6-10-11(7-17(22)19-13(10)8-14(9)21)15-2-3-16(23-15)12-4-5-18-20-12/h2-6,8,11,21H,7H2,1H3,(H,18,20)(H,19,22)/t11-/m1/s1. The summed E-state index contributed by atoms with van der Waals surface area (Å²) in [7, 11) is 0. The highest BCUT2D eigenvalue weighted by Gasteiger charge is 2.29. The molecule has 1 aliphatic heterocycles. The quantitative estimate of drug-likeness (QED) is 0.678. The number of aromatic amines is 1. The van der Waals surface area contributed by atoms with Gasteiger partial charge in [-0.05, 0) is 42.3 Å². The summed E-state index contributed by atoms with van der Waals surface area (Å²) in [6.07, 6.45) is 1.97. The molecule has 4 rings (SSSR count). The Kier molecular flexibility index (Phi) is 2.97. The number of nitrogens with one attached hydrogen (secondary N) is 2. The first-order valence-electron chi connectivity index (χ1n) is 7.34. The molecule has 0 saturated carbocycles. The van der Waals surface area contributed by atoms with Gasteiger partial charge in [-0.2, -0.15) is 5.10 Å². The summed E-state index contributed by atoms with van der Waals surface area (Å²) in [5, 5.41) is 19.4. The molecule has 6 nitrogen and oxygen atoms in total. The molecule has 1 aliphatic rings.